The average Bonchev–Trinajstić information content (AvgIpc) is 2.33. The van der Waals surface area contributed by atoms with Crippen molar-refractivity contribution in [2.24, 2.45) is 0 Å². The summed E-state index contributed by atoms with van der Waals surface area (Å²) in [6.45, 7) is 4.13. The van der Waals surface area contributed by atoms with Gasteiger partial charge >= 0.3 is 0 Å². The molecule has 1 aromatic heterocycles. The molecule has 18 heavy (non-hydrogen) atoms. The Bertz CT molecular complexity index is 553. The van der Waals surface area contributed by atoms with Crippen LogP contribution in [0.25, 0.3) is 0 Å². The highest BCUT2D eigenvalue weighted by Gasteiger charge is 2.07. The van der Waals surface area contributed by atoms with Crippen LogP contribution >= 0.6 is 23.2 Å². The zero-order chi connectivity index (χ0) is 13.1. The van der Waals surface area contributed by atoms with E-state index in [1.54, 1.807) is 18.2 Å². The van der Waals surface area contributed by atoms with E-state index in [1.165, 1.54) is 0 Å². The van der Waals surface area contributed by atoms with Crippen LogP contribution in [-0.2, 0) is 6.61 Å². The van der Waals surface area contributed by atoms with Crippen molar-refractivity contribution in [2.45, 2.75) is 20.5 Å². The Hall–Kier alpha value is -1.32. The Balaban J connectivity index is 2.14. The van der Waals surface area contributed by atoms with Gasteiger partial charge in [0.15, 0.2) is 0 Å². The van der Waals surface area contributed by atoms with E-state index in [0.29, 0.717) is 15.9 Å². The lowest BCUT2D eigenvalue weighted by molar-refractivity contribution is 0.290. The quantitative estimate of drug-likeness (QED) is 0.854. The molecule has 0 radical (unpaired) electrons. The molecular formula is C13H12Cl2N2O. The first kappa shape index (κ1) is 13.1. The maximum Gasteiger partial charge on any atom is 0.233 e. The van der Waals surface area contributed by atoms with Crippen LogP contribution in [0.2, 0.25) is 10.0 Å². The minimum absolute atomic E-state index is 0.273. The Morgan fingerprint density at radius 3 is 2.39 bits per heavy atom. The Morgan fingerprint density at radius 2 is 1.78 bits per heavy atom. The summed E-state index contributed by atoms with van der Waals surface area (Å²) in [6, 6.07) is 7.19. The van der Waals surface area contributed by atoms with Crippen molar-refractivity contribution in [2.75, 3.05) is 0 Å². The molecule has 2 rings (SSSR count). The summed E-state index contributed by atoms with van der Waals surface area (Å²) >= 11 is 12.1. The monoisotopic (exact) mass is 282 g/mol. The van der Waals surface area contributed by atoms with Crippen molar-refractivity contribution in [3.05, 3.63) is 51.1 Å². The van der Waals surface area contributed by atoms with Crippen LogP contribution < -0.4 is 4.74 Å². The van der Waals surface area contributed by atoms with Gasteiger partial charge in [0.25, 0.3) is 0 Å². The van der Waals surface area contributed by atoms with Gasteiger partial charge < -0.3 is 4.74 Å². The van der Waals surface area contributed by atoms with Gasteiger partial charge in [0.1, 0.15) is 6.61 Å². The van der Waals surface area contributed by atoms with Crippen molar-refractivity contribution >= 4 is 23.2 Å². The van der Waals surface area contributed by atoms with Gasteiger partial charge in [0, 0.05) is 21.7 Å². The lowest BCUT2D eigenvalue weighted by Gasteiger charge is -2.09. The molecule has 0 saturated heterocycles. The summed E-state index contributed by atoms with van der Waals surface area (Å²) in [5, 5.41) is 9.12. The van der Waals surface area contributed by atoms with Crippen LogP contribution in [0.15, 0.2) is 24.3 Å². The van der Waals surface area contributed by atoms with E-state index < -0.39 is 0 Å². The third-order valence-electron chi connectivity index (χ3n) is 2.64. The van der Waals surface area contributed by atoms with Crippen LogP contribution in [-0.4, -0.2) is 10.2 Å². The lowest BCUT2D eigenvalue weighted by Crippen LogP contribution is -2.01. The minimum atomic E-state index is 0.273. The number of aromatic nitrogens is 2. The van der Waals surface area contributed by atoms with E-state index in [9.17, 15) is 0 Å². The average molecular weight is 283 g/mol. The van der Waals surface area contributed by atoms with E-state index in [-0.39, 0.29) is 6.61 Å². The molecule has 0 aliphatic rings. The van der Waals surface area contributed by atoms with E-state index >= 15 is 0 Å². The maximum atomic E-state index is 6.05. The lowest BCUT2D eigenvalue weighted by atomic mass is 10.2. The fourth-order valence-corrected chi connectivity index (χ4v) is 1.92. The Morgan fingerprint density at radius 1 is 1.11 bits per heavy atom. The van der Waals surface area contributed by atoms with Gasteiger partial charge in [0.05, 0.1) is 5.69 Å². The second-order valence-electron chi connectivity index (χ2n) is 3.94. The van der Waals surface area contributed by atoms with Crippen LogP contribution in [0, 0.1) is 13.8 Å². The highest BCUT2D eigenvalue weighted by Crippen LogP contribution is 2.25. The summed E-state index contributed by atoms with van der Waals surface area (Å²) < 4.78 is 5.55. The van der Waals surface area contributed by atoms with Gasteiger partial charge in [-0.05, 0) is 31.5 Å². The first-order chi connectivity index (χ1) is 8.58. The second kappa shape index (κ2) is 5.55. The SMILES string of the molecule is Cc1cc(OCc2c(Cl)cccc2Cl)nnc1C. The standard InChI is InChI=1S/C13H12Cl2N2O/c1-8-6-13(17-16-9(8)2)18-7-10-11(14)4-3-5-12(10)15/h3-6H,7H2,1-2H3. The van der Waals surface area contributed by atoms with Crippen LogP contribution in [0.1, 0.15) is 16.8 Å². The molecule has 2 aromatic rings. The zero-order valence-electron chi connectivity index (χ0n) is 10.1. The van der Waals surface area contributed by atoms with E-state index in [4.69, 9.17) is 27.9 Å². The highest BCUT2D eigenvalue weighted by atomic mass is 35.5. The van der Waals surface area contributed by atoms with E-state index in [1.807, 2.05) is 19.9 Å². The molecule has 94 valence electrons. The molecule has 1 aromatic carbocycles. The van der Waals surface area contributed by atoms with Gasteiger partial charge in [-0.25, -0.2) is 0 Å². The summed E-state index contributed by atoms with van der Waals surface area (Å²) in [4.78, 5) is 0. The number of benzene rings is 1. The molecule has 0 aliphatic carbocycles. The van der Waals surface area contributed by atoms with Gasteiger partial charge in [-0.3, -0.25) is 0 Å². The van der Waals surface area contributed by atoms with Crippen molar-refractivity contribution in [3.8, 4) is 5.88 Å². The third-order valence-corrected chi connectivity index (χ3v) is 3.34. The molecule has 0 fully saturated rings. The number of rotatable bonds is 3. The minimum Gasteiger partial charge on any atom is -0.472 e. The molecule has 1 heterocycles. The molecule has 0 atom stereocenters. The molecular weight excluding hydrogens is 271 g/mol. The molecule has 5 heteroatoms. The van der Waals surface area contributed by atoms with Gasteiger partial charge in [-0.1, -0.05) is 29.3 Å². The molecule has 3 nitrogen and oxygen atoms in total. The zero-order valence-corrected chi connectivity index (χ0v) is 11.6. The van der Waals surface area contributed by atoms with Gasteiger partial charge in [-0.15, -0.1) is 5.10 Å². The van der Waals surface area contributed by atoms with Crippen molar-refractivity contribution in [1.29, 1.82) is 0 Å². The van der Waals surface area contributed by atoms with Crippen molar-refractivity contribution in [3.63, 3.8) is 0 Å². The molecule has 0 spiro atoms. The number of hydrogen-bond acceptors (Lipinski definition) is 3. The normalized spacial score (nSPS) is 10.4. The second-order valence-corrected chi connectivity index (χ2v) is 4.75. The van der Waals surface area contributed by atoms with Gasteiger partial charge in [0.2, 0.25) is 5.88 Å². The smallest absolute Gasteiger partial charge is 0.233 e. The topological polar surface area (TPSA) is 35.0 Å². The number of hydrogen-bond donors (Lipinski definition) is 0. The van der Waals surface area contributed by atoms with Crippen molar-refractivity contribution in [1.82, 2.24) is 10.2 Å². The number of nitrogens with zero attached hydrogens (tertiary/aromatic N) is 2. The number of aryl methyl sites for hydroxylation is 2. The summed E-state index contributed by atoms with van der Waals surface area (Å²) in [6.07, 6.45) is 0. The molecule has 0 unspecified atom stereocenters. The Labute approximate surface area is 116 Å². The third kappa shape index (κ3) is 2.92. The van der Waals surface area contributed by atoms with E-state index in [2.05, 4.69) is 10.2 Å². The maximum absolute atomic E-state index is 6.05. The molecule has 0 bridgehead atoms. The largest absolute Gasteiger partial charge is 0.472 e. The van der Waals surface area contributed by atoms with Gasteiger partial charge in [-0.2, -0.15) is 5.10 Å². The molecule has 0 aliphatic heterocycles. The highest BCUT2D eigenvalue weighted by molar-refractivity contribution is 6.35. The number of halogens is 2. The number of ether oxygens (including phenoxy) is 1. The summed E-state index contributed by atoms with van der Waals surface area (Å²) in [7, 11) is 0. The summed E-state index contributed by atoms with van der Waals surface area (Å²) in [5.41, 5.74) is 2.67. The first-order valence-electron chi connectivity index (χ1n) is 5.44. The van der Waals surface area contributed by atoms with Crippen LogP contribution in [0.5, 0.6) is 5.88 Å². The molecule has 0 amide bonds. The first-order valence-corrected chi connectivity index (χ1v) is 6.20. The van der Waals surface area contributed by atoms with Crippen LogP contribution in [0.3, 0.4) is 0 Å². The Kier molecular flexibility index (Phi) is 4.04. The molecule has 0 saturated carbocycles. The summed E-state index contributed by atoms with van der Waals surface area (Å²) in [5.74, 6) is 0.467. The van der Waals surface area contributed by atoms with E-state index in [0.717, 1.165) is 16.8 Å². The predicted octanol–water partition coefficient (Wildman–Crippen LogP) is 3.98. The molecule has 0 N–H and O–H groups in total. The van der Waals surface area contributed by atoms with Crippen LogP contribution in [0.4, 0.5) is 0 Å². The van der Waals surface area contributed by atoms with Crippen molar-refractivity contribution < 1.29 is 4.74 Å². The fourth-order valence-electron chi connectivity index (χ4n) is 1.41. The fraction of sp³-hybridized carbons (Fsp3) is 0.231. The predicted molar refractivity (Wildman–Crippen MR) is 72.3 cm³/mol.